The minimum atomic E-state index is 0.309. The molecular formula is C10H21N3S. The molecule has 3 nitrogen and oxygen atoms in total. The zero-order chi connectivity index (χ0) is 10.6. The molecule has 1 heterocycles. The molecule has 0 aromatic carbocycles. The molecular weight excluding hydrogens is 194 g/mol. The molecule has 1 aliphatic rings. The molecule has 0 amide bonds. The maximum atomic E-state index is 5.72. The van der Waals surface area contributed by atoms with Crippen LogP contribution in [0.1, 0.15) is 20.3 Å². The van der Waals surface area contributed by atoms with Gasteiger partial charge in [0.05, 0.1) is 11.0 Å². The first-order valence-corrected chi connectivity index (χ1v) is 5.85. The molecule has 0 radical (unpaired) electrons. The van der Waals surface area contributed by atoms with Crippen LogP contribution in [0.25, 0.3) is 0 Å². The van der Waals surface area contributed by atoms with E-state index in [1.54, 1.807) is 0 Å². The highest BCUT2D eigenvalue weighted by Crippen LogP contribution is 2.09. The molecule has 4 heteroatoms. The van der Waals surface area contributed by atoms with Gasteiger partial charge in [-0.05, 0) is 13.0 Å². The van der Waals surface area contributed by atoms with E-state index in [0.29, 0.717) is 11.0 Å². The quantitative estimate of drug-likeness (QED) is 0.699. The topological polar surface area (TPSA) is 32.5 Å². The number of hydrogen-bond acceptors (Lipinski definition) is 3. The Morgan fingerprint density at radius 1 is 1.29 bits per heavy atom. The molecule has 0 bridgehead atoms. The van der Waals surface area contributed by atoms with Crippen LogP contribution in [0, 0.1) is 0 Å². The van der Waals surface area contributed by atoms with Gasteiger partial charge in [0.2, 0.25) is 0 Å². The highest BCUT2D eigenvalue weighted by Gasteiger charge is 2.23. The van der Waals surface area contributed by atoms with Gasteiger partial charge in [0, 0.05) is 26.2 Å². The summed E-state index contributed by atoms with van der Waals surface area (Å²) in [6.45, 7) is 10.0. The summed E-state index contributed by atoms with van der Waals surface area (Å²) in [6, 6.07) is 0.309. The Kier molecular flexibility index (Phi) is 4.78. The van der Waals surface area contributed by atoms with E-state index in [2.05, 4.69) is 23.6 Å². The lowest BCUT2D eigenvalue weighted by molar-refractivity contribution is 0.121. The molecule has 0 saturated carbocycles. The summed E-state index contributed by atoms with van der Waals surface area (Å²) >= 11 is 5.08. The predicted octanol–water partition coefficient (Wildman–Crippen LogP) is 0.689. The Hall–Kier alpha value is -0.190. The molecule has 1 saturated heterocycles. The van der Waals surface area contributed by atoms with Crippen molar-refractivity contribution >= 4 is 17.2 Å². The third-order valence-electron chi connectivity index (χ3n) is 3.01. The number of nitrogens with two attached hydrogens (primary N) is 1. The molecule has 0 spiro atoms. The number of rotatable bonds is 4. The van der Waals surface area contributed by atoms with Crippen LogP contribution in [0.4, 0.5) is 0 Å². The van der Waals surface area contributed by atoms with Crippen molar-refractivity contribution in [2.75, 3.05) is 32.7 Å². The van der Waals surface area contributed by atoms with E-state index in [9.17, 15) is 0 Å². The molecule has 0 aromatic rings. The normalized spacial score (nSPS) is 22.1. The van der Waals surface area contributed by atoms with Crippen LogP contribution in [-0.2, 0) is 0 Å². The van der Waals surface area contributed by atoms with Gasteiger partial charge in [0.1, 0.15) is 0 Å². The van der Waals surface area contributed by atoms with Gasteiger partial charge < -0.3 is 10.6 Å². The van der Waals surface area contributed by atoms with Crippen LogP contribution in [0.3, 0.4) is 0 Å². The number of thiocarbonyl (C=S) groups is 1. The van der Waals surface area contributed by atoms with E-state index in [1.807, 2.05) is 0 Å². The molecule has 14 heavy (non-hydrogen) atoms. The lowest BCUT2D eigenvalue weighted by atomic mass is 10.1. The van der Waals surface area contributed by atoms with Gasteiger partial charge in [0.15, 0.2) is 0 Å². The molecule has 1 aliphatic heterocycles. The summed E-state index contributed by atoms with van der Waals surface area (Å²) in [5, 5.41) is 0. The van der Waals surface area contributed by atoms with Gasteiger partial charge in [0.25, 0.3) is 0 Å². The van der Waals surface area contributed by atoms with E-state index >= 15 is 0 Å². The van der Waals surface area contributed by atoms with Gasteiger partial charge >= 0.3 is 0 Å². The Balaban J connectivity index is 2.43. The standard InChI is InChI=1S/C10H21N3S/c1-3-9(10(11)14)13-7-5-12(4-2)6-8-13/h9H,3-8H2,1-2H3,(H2,11,14). The largest absolute Gasteiger partial charge is 0.392 e. The van der Waals surface area contributed by atoms with Crippen molar-refractivity contribution in [3.05, 3.63) is 0 Å². The van der Waals surface area contributed by atoms with Crippen molar-refractivity contribution in [1.29, 1.82) is 0 Å². The molecule has 0 aromatic heterocycles. The fraction of sp³-hybridized carbons (Fsp3) is 0.900. The second-order valence-corrected chi connectivity index (χ2v) is 4.27. The third kappa shape index (κ3) is 2.90. The average Bonchev–Trinajstić information content (AvgIpc) is 2.19. The first kappa shape index (κ1) is 11.9. The molecule has 1 rings (SSSR count). The van der Waals surface area contributed by atoms with Gasteiger partial charge in [-0.1, -0.05) is 26.1 Å². The highest BCUT2D eigenvalue weighted by atomic mass is 32.1. The van der Waals surface area contributed by atoms with E-state index in [1.165, 1.54) is 0 Å². The smallest absolute Gasteiger partial charge is 0.0901 e. The molecule has 1 atom stereocenters. The van der Waals surface area contributed by atoms with E-state index in [0.717, 1.165) is 39.1 Å². The van der Waals surface area contributed by atoms with Crippen LogP contribution in [0.2, 0.25) is 0 Å². The van der Waals surface area contributed by atoms with Crippen LogP contribution < -0.4 is 5.73 Å². The average molecular weight is 215 g/mol. The molecule has 1 fully saturated rings. The highest BCUT2D eigenvalue weighted by molar-refractivity contribution is 7.80. The van der Waals surface area contributed by atoms with E-state index in [4.69, 9.17) is 18.0 Å². The summed E-state index contributed by atoms with van der Waals surface area (Å²) in [5.41, 5.74) is 5.72. The molecule has 0 aliphatic carbocycles. The third-order valence-corrected chi connectivity index (χ3v) is 3.28. The summed E-state index contributed by atoms with van der Waals surface area (Å²) in [7, 11) is 0. The van der Waals surface area contributed by atoms with Crippen LogP contribution >= 0.6 is 12.2 Å². The predicted molar refractivity (Wildman–Crippen MR) is 64.6 cm³/mol. The summed E-state index contributed by atoms with van der Waals surface area (Å²) in [4.78, 5) is 5.52. The Morgan fingerprint density at radius 2 is 1.86 bits per heavy atom. The molecule has 1 unspecified atom stereocenters. The fourth-order valence-corrected chi connectivity index (χ4v) is 2.35. The van der Waals surface area contributed by atoms with Crippen molar-refractivity contribution in [2.24, 2.45) is 5.73 Å². The number of piperazine rings is 1. The Labute approximate surface area is 92.2 Å². The van der Waals surface area contributed by atoms with Gasteiger partial charge in [-0.2, -0.15) is 0 Å². The first-order valence-electron chi connectivity index (χ1n) is 5.44. The maximum absolute atomic E-state index is 5.72. The second kappa shape index (κ2) is 5.63. The number of likely N-dealkylation sites (N-methyl/N-ethyl adjacent to an activating group) is 1. The van der Waals surface area contributed by atoms with Crippen molar-refractivity contribution in [3.63, 3.8) is 0 Å². The number of nitrogens with zero attached hydrogens (tertiary/aromatic N) is 2. The van der Waals surface area contributed by atoms with Crippen LogP contribution in [0.15, 0.2) is 0 Å². The lowest BCUT2D eigenvalue weighted by Crippen LogP contribution is -2.53. The molecule has 82 valence electrons. The van der Waals surface area contributed by atoms with Crippen molar-refractivity contribution in [3.8, 4) is 0 Å². The van der Waals surface area contributed by atoms with Gasteiger partial charge in [-0.3, -0.25) is 4.90 Å². The maximum Gasteiger partial charge on any atom is 0.0901 e. The zero-order valence-corrected chi connectivity index (χ0v) is 10.0. The minimum absolute atomic E-state index is 0.309. The van der Waals surface area contributed by atoms with E-state index in [-0.39, 0.29) is 0 Å². The zero-order valence-electron chi connectivity index (χ0n) is 9.20. The van der Waals surface area contributed by atoms with E-state index < -0.39 is 0 Å². The van der Waals surface area contributed by atoms with Gasteiger partial charge in [-0.25, -0.2) is 0 Å². The lowest BCUT2D eigenvalue weighted by Gasteiger charge is -2.38. The van der Waals surface area contributed by atoms with Crippen LogP contribution in [-0.4, -0.2) is 53.6 Å². The summed E-state index contributed by atoms with van der Waals surface area (Å²) in [5.74, 6) is 0. The summed E-state index contributed by atoms with van der Waals surface area (Å²) < 4.78 is 0. The fourth-order valence-electron chi connectivity index (χ4n) is 2.03. The summed E-state index contributed by atoms with van der Waals surface area (Å²) in [6.07, 6.45) is 1.03. The minimum Gasteiger partial charge on any atom is -0.392 e. The van der Waals surface area contributed by atoms with Crippen molar-refractivity contribution in [1.82, 2.24) is 9.80 Å². The first-order chi connectivity index (χ1) is 6.69. The van der Waals surface area contributed by atoms with Crippen molar-refractivity contribution in [2.45, 2.75) is 26.3 Å². The van der Waals surface area contributed by atoms with Crippen LogP contribution in [0.5, 0.6) is 0 Å². The second-order valence-electron chi connectivity index (χ2n) is 3.80. The monoisotopic (exact) mass is 215 g/mol. The SMILES string of the molecule is CCC(C(N)=S)N1CCN(CC)CC1. The molecule has 2 N–H and O–H groups in total. The Bertz CT molecular complexity index is 188. The van der Waals surface area contributed by atoms with Crippen molar-refractivity contribution < 1.29 is 0 Å². The number of hydrogen-bond donors (Lipinski definition) is 1. The van der Waals surface area contributed by atoms with Gasteiger partial charge in [-0.15, -0.1) is 0 Å². The Morgan fingerprint density at radius 3 is 2.21 bits per heavy atom.